The van der Waals surface area contributed by atoms with Gasteiger partial charge in [0.25, 0.3) is 5.91 Å². The Hall–Kier alpha value is -2.73. The van der Waals surface area contributed by atoms with Crippen LogP contribution in [0.1, 0.15) is 60.2 Å². The molecule has 1 fully saturated rings. The van der Waals surface area contributed by atoms with Gasteiger partial charge in [-0.15, -0.1) is 0 Å². The molecule has 0 bridgehead atoms. The van der Waals surface area contributed by atoms with Gasteiger partial charge in [-0.1, -0.05) is 23.7 Å². The highest BCUT2D eigenvalue weighted by molar-refractivity contribution is 6.30. The van der Waals surface area contributed by atoms with Gasteiger partial charge in [0.05, 0.1) is 28.8 Å². The second kappa shape index (κ2) is 7.02. The van der Waals surface area contributed by atoms with E-state index < -0.39 is 5.54 Å². The molecule has 2 heterocycles. The summed E-state index contributed by atoms with van der Waals surface area (Å²) in [6, 6.07) is 9.42. The molecule has 3 aromatic rings. The van der Waals surface area contributed by atoms with Gasteiger partial charge in [0.1, 0.15) is 5.69 Å². The summed E-state index contributed by atoms with van der Waals surface area (Å²) >= 11 is 6.16. The van der Waals surface area contributed by atoms with Crippen LogP contribution >= 0.6 is 11.6 Å². The Bertz CT molecular complexity index is 1040. The lowest BCUT2D eigenvalue weighted by molar-refractivity contribution is 0.0905. The number of hydrogen-bond donors (Lipinski definition) is 2. The van der Waals surface area contributed by atoms with Gasteiger partial charge in [-0.05, 0) is 51.8 Å². The topological polar surface area (TPSA) is 83.6 Å². The molecule has 0 unspecified atom stereocenters. The van der Waals surface area contributed by atoms with E-state index in [1.165, 1.54) is 0 Å². The molecule has 0 spiro atoms. The van der Waals surface area contributed by atoms with Crippen LogP contribution in [0.15, 0.2) is 36.5 Å². The molecule has 0 saturated heterocycles. The number of nitrogens with one attached hydrogen (secondary N) is 2. The third-order valence-electron chi connectivity index (χ3n) is 4.87. The summed E-state index contributed by atoms with van der Waals surface area (Å²) in [4.78, 5) is 22.2. The van der Waals surface area contributed by atoms with E-state index in [1.807, 2.05) is 51.1 Å². The lowest BCUT2D eigenvalue weighted by atomic mass is 10.00. The fourth-order valence-corrected chi connectivity index (χ4v) is 3.35. The highest BCUT2D eigenvalue weighted by atomic mass is 35.5. The molecular weight excluding hydrogens is 374 g/mol. The molecule has 144 valence electrons. The lowest BCUT2D eigenvalue weighted by Gasteiger charge is -2.24. The van der Waals surface area contributed by atoms with Crippen LogP contribution in [0.4, 0.5) is 0 Å². The van der Waals surface area contributed by atoms with Crippen molar-refractivity contribution in [2.45, 2.75) is 45.1 Å². The lowest BCUT2D eigenvalue weighted by Crippen LogP contribution is -2.41. The molecule has 2 aromatic heterocycles. The molecule has 0 atom stereocenters. The maximum atomic E-state index is 12.9. The average molecular weight is 396 g/mol. The van der Waals surface area contributed by atoms with Gasteiger partial charge >= 0.3 is 0 Å². The number of rotatable bonds is 5. The van der Waals surface area contributed by atoms with Gasteiger partial charge in [-0.2, -0.15) is 5.10 Å². The Morgan fingerprint density at radius 3 is 2.71 bits per heavy atom. The van der Waals surface area contributed by atoms with E-state index in [2.05, 4.69) is 25.5 Å². The summed E-state index contributed by atoms with van der Waals surface area (Å²) in [5.74, 6) is 0.117. The largest absolute Gasteiger partial charge is 0.340 e. The van der Waals surface area contributed by atoms with Crippen LogP contribution in [0, 0.1) is 6.92 Å². The van der Waals surface area contributed by atoms with E-state index in [0.29, 0.717) is 10.9 Å². The van der Waals surface area contributed by atoms with Crippen molar-refractivity contribution in [3.63, 3.8) is 0 Å². The number of aromatic nitrogens is 4. The maximum absolute atomic E-state index is 12.9. The summed E-state index contributed by atoms with van der Waals surface area (Å²) in [6.07, 6.45) is 3.75. The van der Waals surface area contributed by atoms with E-state index in [-0.39, 0.29) is 11.6 Å². The number of H-pyrrole nitrogens is 1. The zero-order valence-electron chi connectivity index (χ0n) is 16.1. The number of aryl methyl sites for hydroxylation is 1. The normalized spacial score (nSPS) is 14.1. The van der Waals surface area contributed by atoms with Gasteiger partial charge in [0.15, 0.2) is 0 Å². The highest BCUT2D eigenvalue weighted by Gasteiger charge is 2.31. The van der Waals surface area contributed by atoms with Crippen LogP contribution in [-0.2, 0) is 5.54 Å². The molecule has 28 heavy (non-hydrogen) atoms. The van der Waals surface area contributed by atoms with Crippen molar-refractivity contribution in [2.75, 3.05) is 0 Å². The molecule has 1 amide bonds. The Kier molecular flexibility index (Phi) is 4.67. The molecule has 1 aliphatic rings. The molecule has 0 radical (unpaired) electrons. The van der Waals surface area contributed by atoms with E-state index in [1.54, 1.807) is 6.20 Å². The Labute approximate surface area is 168 Å². The van der Waals surface area contributed by atoms with Gasteiger partial charge in [-0.25, -0.2) is 4.98 Å². The van der Waals surface area contributed by atoms with E-state index >= 15 is 0 Å². The molecule has 1 aromatic carbocycles. The van der Waals surface area contributed by atoms with Crippen molar-refractivity contribution in [3.05, 3.63) is 64.3 Å². The molecule has 1 aliphatic carbocycles. The highest BCUT2D eigenvalue weighted by Crippen LogP contribution is 2.42. The predicted molar refractivity (Wildman–Crippen MR) is 108 cm³/mol. The first kappa shape index (κ1) is 18.6. The summed E-state index contributed by atoms with van der Waals surface area (Å²) in [5.41, 5.74) is 3.87. The Morgan fingerprint density at radius 2 is 2.07 bits per heavy atom. The summed E-state index contributed by atoms with van der Waals surface area (Å²) in [7, 11) is 0. The van der Waals surface area contributed by atoms with Gasteiger partial charge in [0.2, 0.25) is 0 Å². The number of benzene rings is 1. The molecule has 6 nitrogen and oxygen atoms in total. The van der Waals surface area contributed by atoms with Crippen LogP contribution in [0.2, 0.25) is 5.02 Å². The van der Waals surface area contributed by atoms with Crippen molar-refractivity contribution in [1.29, 1.82) is 0 Å². The first-order chi connectivity index (χ1) is 13.3. The third-order valence-corrected chi connectivity index (χ3v) is 5.10. The zero-order chi connectivity index (χ0) is 19.9. The second-order valence-electron chi connectivity index (χ2n) is 7.79. The number of carbonyl (C=O) groups is 1. The van der Waals surface area contributed by atoms with Crippen molar-refractivity contribution in [1.82, 2.24) is 25.5 Å². The van der Waals surface area contributed by atoms with Crippen molar-refractivity contribution >= 4 is 17.5 Å². The number of amides is 1. The summed E-state index contributed by atoms with van der Waals surface area (Å²) in [5, 5.41) is 10.8. The number of hydrogen-bond acceptors (Lipinski definition) is 4. The van der Waals surface area contributed by atoms with Crippen LogP contribution in [0.5, 0.6) is 0 Å². The quantitative estimate of drug-likeness (QED) is 0.671. The molecule has 4 rings (SSSR count). The fraction of sp³-hybridized carbons (Fsp3) is 0.333. The summed E-state index contributed by atoms with van der Waals surface area (Å²) < 4.78 is 0. The Morgan fingerprint density at radius 1 is 1.29 bits per heavy atom. The summed E-state index contributed by atoms with van der Waals surface area (Å²) in [6.45, 7) is 5.74. The third kappa shape index (κ3) is 3.78. The number of carbonyl (C=O) groups excluding carboxylic acids is 1. The molecule has 7 heteroatoms. The van der Waals surface area contributed by atoms with E-state index in [4.69, 9.17) is 11.6 Å². The zero-order valence-corrected chi connectivity index (χ0v) is 16.8. The molecule has 0 aliphatic heterocycles. The minimum atomic E-state index is -0.644. The predicted octanol–water partition coefficient (Wildman–Crippen LogP) is 4.37. The number of aromatic amines is 1. The van der Waals surface area contributed by atoms with Crippen molar-refractivity contribution in [2.24, 2.45) is 0 Å². The SMILES string of the molecule is Cc1cc(C(C)(C)NC(=O)c2cnc(C3CC3)c(-c3cccc(Cl)c3)n2)n[nH]1. The number of nitrogens with zero attached hydrogens (tertiary/aromatic N) is 3. The fourth-order valence-electron chi connectivity index (χ4n) is 3.16. The Balaban J connectivity index is 1.66. The van der Waals surface area contributed by atoms with Crippen LogP contribution in [0.3, 0.4) is 0 Å². The van der Waals surface area contributed by atoms with E-state index in [0.717, 1.165) is 41.2 Å². The van der Waals surface area contributed by atoms with Crippen LogP contribution < -0.4 is 5.32 Å². The first-order valence-corrected chi connectivity index (χ1v) is 9.69. The van der Waals surface area contributed by atoms with Gasteiger partial charge < -0.3 is 5.32 Å². The van der Waals surface area contributed by atoms with E-state index in [9.17, 15) is 4.79 Å². The van der Waals surface area contributed by atoms with Crippen LogP contribution in [-0.4, -0.2) is 26.1 Å². The molecule has 1 saturated carbocycles. The van der Waals surface area contributed by atoms with Crippen molar-refractivity contribution < 1.29 is 4.79 Å². The average Bonchev–Trinajstić information content (AvgIpc) is 3.40. The van der Waals surface area contributed by atoms with Gasteiger partial charge in [-0.3, -0.25) is 14.9 Å². The minimum absolute atomic E-state index is 0.278. The first-order valence-electron chi connectivity index (χ1n) is 9.31. The smallest absolute Gasteiger partial charge is 0.272 e. The molecule has 2 N–H and O–H groups in total. The monoisotopic (exact) mass is 395 g/mol. The van der Waals surface area contributed by atoms with Crippen molar-refractivity contribution in [3.8, 4) is 11.3 Å². The molecular formula is C21H22ClN5O. The van der Waals surface area contributed by atoms with Gasteiger partial charge in [0, 0.05) is 22.2 Å². The standard InChI is InChI=1S/C21H22ClN5O/c1-12-9-17(27-26-12)21(2,3)25-20(28)16-11-23-18(13-7-8-13)19(24-16)14-5-4-6-15(22)10-14/h4-6,9-11,13H,7-8H2,1-3H3,(H,25,28)(H,26,27). The number of halogens is 1. The second-order valence-corrected chi connectivity index (χ2v) is 8.23. The minimum Gasteiger partial charge on any atom is -0.340 e. The maximum Gasteiger partial charge on any atom is 0.272 e. The van der Waals surface area contributed by atoms with Crippen LogP contribution in [0.25, 0.3) is 11.3 Å².